The summed E-state index contributed by atoms with van der Waals surface area (Å²) in [6.07, 6.45) is 10.4. The van der Waals surface area contributed by atoms with Crippen LogP contribution in [0.25, 0.3) is 0 Å². The molecule has 0 saturated heterocycles. The van der Waals surface area contributed by atoms with Gasteiger partial charge in [0.15, 0.2) is 0 Å². The van der Waals surface area contributed by atoms with Gasteiger partial charge < -0.3 is 5.32 Å². The molecule has 0 aromatic heterocycles. The lowest BCUT2D eigenvalue weighted by molar-refractivity contribution is 0.466. The molecule has 0 bridgehead atoms. The third-order valence-corrected chi connectivity index (χ3v) is 4.45. The first kappa shape index (κ1) is 19.0. The van der Waals surface area contributed by atoms with Crippen LogP contribution in [0.4, 0.5) is 0 Å². The molecule has 1 rings (SSSR count). The molecule has 1 unspecified atom stereocenters. The Morgan fingerprint density at radius 3 is 2.38 bits per heavy atom. The molecule has 0 radical (unpaired) electrons. The summed E-state index contributed by atoms with van der Waals surface area (Å²) in [5.74, 6) is 0. The summed E-state index contributed by atoms with van der Waals surface area (Å²) >= 11 is 9.74. The van der Waals surface area contributed by atoms with Gasteiger partial charge in [0.05, 0.1) is 0 Å². The van der Waals surface area contributed by atoms with Gasteiger partial charge in [-0.3, -0.25) is 0 Å². The van der Waals surface area contributed by atoms with E-state index < -0.39 is 0 Å². The molecule has 0 heterocycles. The Labute approximate surface area is 144 Å². The highest BCUT2D eigenvalue weighted by atomic mass is 79.9. The largest absolute Gasteiger partial charge is 0.310 e. The minimum atomic E-state index is 0.422. The van der Waals surface area contributed by atoms with Gasteiger partial charge in [0.25, 0.3) is 0 Å². The zero-order valence-corrected chi connectivity index (χ0v) is 15.8. The average Bonchev–Trinajstić information content (AvgIpc) is 2.44. The van der Waals surface area contributed by atoms with Gasteiger partial charge in [-0.2, -0.15) is 0 Å². The Morgan fingerprint density at radius 1 is 1.00 bits per heavy atom. The molecule has 21 heavy (non-hydrogen) atoms. The third-order valence-electron chi connectivity index (χ3n) is 3.77. The fourth-order valence-electron chi connectivity index (χ4n) is 2.61. The number of hydrogen-bond acceptors (Lipinski definition) is 1. The predicted octanol–water partition coefficient (Wildman–Crippen LogP) is 6.89. The molecular formula is C18H29BrClN. The molecule has 3 heteroatoms. The van der Waals surface area contributed by atoms with Gasteiger partial charge in [-0.15, -0.1) is 0 Å². The van der Waals surface area contributed by atoms with Gasteiger partial charge in [-0.1, -0.05) is 79.9 Å². The molecule has 0 amide bonds. The van der Waals surface area contributed by atoms with E-state index in [1.807, 2.05) is 6.07 Å². The molecule has 1 aromatic rings. The lowest BCUT2D eigenvalue weighted by Gasteiger charge is -2.19. The molecular weight excluding hydrogens is 346 g/mol. The van der Waals surface area contributed by atoms with Crippen LogP contribution in [0.1, 0.15) is 76.8 Å². The van der Waals surface area contributed by atoms with Gasteiger partial charge in [0.2, 0.25) is 0 Å². The van der Waals surface area contributed by atoms with Crippen LogP contribution in [0.15, 0.2) is 22.7 Å². The highest BCUT2D eigenvalue weighted by Gasteiger charge is 2.11. The molecule has 0 spiro atoms. The second-order valence-electron chi connectivity index (χ2n) is 5.77. The number of rotatable bonds is 11. The van der Waals surface area contributed by atoms with E-state index in [2.05, 4.69) is 47.2 Å². The first-order valence-electron chi connectivity index (χ1n) is 8.36. The number of hydrogen-bond donors (Lipinski definition) is 1. The van der Waals surface area contributed by atoms with Crippen molar-refractivity contribution in [1.29, 1.82) is 0 Å². The first-order valence-corrected chi connectivity index (χ1v) is 9.53. The predicted molar refractivity (Wildman–Crippen MR) is 98.2 cm³/mol. The quantitative estimate of drug-likeness (QED) is 0.416. The molecule has 120 valence electrons. The molecule has 1 atom stereocenters. The fourth-order valence-corrected chi connectivity index (χ4v) is 3.50. The van der Waals surface area contributed by atoms with Crippen molar-refractivity contribution in [2.75, 3.05) is 6.54 Å². The standard InChI is InChI=1S/C18H29BrClN/c1-3-5-6-7-8-9-10-18(21-11-4-2)15-12-16(19)14-17(20)13-15/h12-14,18,21H,3-11H2,1-2H3. The van der Waals surface area contributed by atoms with Crippen molar-refractivity contribution in [1.82, 2.24) is 5.32 Å². The van der Waals surface area contributed by atoms with Gasteiger partial charge in [-0.25, -0.2) is 0 Å². The highest BCUT2D eigenvalue weighted by molar-refractivity contribution is 9.10. The Morgan fingerprint density at radius 2 is 1.71 bits per heavy atom. The lowest BCUT2D eigenvalue weighted by Crippen LogP contribution is -2.22. The zero-order chi connectivity index (χ0) is 15.5. The molecule has 0 saturated carbocycles. The maximum absolute atomic E-state index is 6.19. The topological polar surface area (TPSA) is 12.0 Å². The number of benzene rings is 1. The number of nitrogens with one attached hydrogen (secondary N) is 1. The van der Waals surface area contributed by atoms with Crippen LogP contribution in [-0.4, -0.2) is 6.54 Å². The Kier molecular flexibility index (Phi) is 10.4. The molecule has 0 aliphatic rings. The van der Waals surface area contributed by atoms with Gasteiger partial charge >= 0.3 is 0 Å². The molecule has 1 nitrogen and oxygen atoms in total. The summed E-state index contributed by atoms with van der Waals surface area (Å²) < 4.78 is 1.07. The molecule has 1 N–H and O–H groups in total. The lowest BCUT2D eigenvalue weighted by atomic mass is 9.99. The van der Waals surface area contributed by atoms with E-state index in [0.29, 0.717) is 6.04 Å². The summed E-state index contributed by atoms with van der Waals surface area (Å²) in [6.45, 7) is 5.54. The van der Waals surface area contributed by atoms with Gasteiger partial charge in [0.1, 0.15) is 0 Å². The van der Waals surface area contributed by atoms with Crippen molar-refractivity contribution in [3.8, 4) is 0 Å². The Hall–Kier alpha value is -0.0500. The van der Waals surface area contributed by atoms with Crippen molar-refractivity contribution >= 4 is 27.5 Å². The van der Waals surface area contributed by atoms with Crippen molar-refractivity contribution in [3.05, 3.63) is 33.3 Å². The smallest absolute Gasteiger partial charge is 0.0420 e. The van der Waals surface area contributed by atoms with Crippen LogP contribution in [0, 0.1) is 0 Å². The van der Waals surface area contributed by atoms with Crippen LogP contribution in [0.5, 0.6) is 0 Å². The van der Waals surface area contributed by atoms with Crippen LogP contribution >= 0.6 is 27.5 Å². The summed E-state index contributed by atoms with van der Waals surface area (Å²) in [4.78, 5) is 0. The number of unbranched alkanes of at least 4 members (excludes halogenated alkanes) is 5. The van der Waals surface area contributed by atoms with E-state index in [1.165, 1.54) is 50.5 Å². The van der Waals surface area contributed by atoms with E-state index in [1.54, 1.807) is 0 Å². The Balaban J connectivity index is 2.50. The maximum atomic E-state index is 6.19. The van der Waals surface area contributed by atoms with E-state index in [9.17, 15) is 0 Å². The van der Waals surface area contributed by atoms with Crippen molar-refractivity contribution in [2.45, 2.75) is 71.3 Å². The average molecular weight is 375 g/mol. The fraction of sp³-hybridized carbons (Fsp3) is 0.667. The second kappa shape index (κ2) is 11.5. The van der Waals surface area contributed by atoms with Gasteiger partial charge in [-0.05, 0) is 43.1 Å². The zero-order valence-electron chi connectivity index (χ0n) is 13.4. The van der Waals surface area contributed by atoms with E-state index in [4.69, 9.17) is 11.6 Å². The molecule has 0 aliphatic carbocycles. The normalized spacial score (nSPS) is 12.6. The Bertz CT molecular complexity index is 375. The van der Waals surface area contributed by atoms with E-state index in [0.717, 1.165) is 22.5 Å². The van der Waals surface area contributed by atoms with E-state index in [-0.39, 0.29) is 0 Å². The van der Waals surface area contributed by atoms with Gasteiger partial charge in [0, 0.05) is 15.5 Å². The van der Waals surface area contributed by atoms with Crippen molar-refractivity contribution < 1.29 is 0 Å². The summed E-state index contributed by atoms with van der Waals surface area (Å²) in [5.41, 5.74) is 1.30. The van der Waals surface area contributed by atoms with Crippen LogP contribution in [-0.2, 0) is 0 Å². The number of halogens is 2. The van der Waals surface area contributed by atoms with Crippen molar-refractivity contribution in [2.24, 2.45) is 0 Å². The molecule has 0 fully saturated rings. The second-order valence-corrected chi connectivity index (χ2v) is 7.12. The highest BCUT2D eigenvalue weighted by Crippen LogP contribution is 2.27. The van der Waals surface area contributed by atoms with Crippen LogP contribution in [0.3, 0.4) is 0 Å². The minimum Gasteiger partial charge on any atom is -0.310 e. The first-order chi connectivity index (χ1) is 10.2. The summed E-state index contributed by atoms with van der Waals surface area (Å²) in [6, 6.07) is 6.66. The van der Waals surface area contributed by atoms with Crippen LogP contribution < -0.4 is 5.32 Å². The SMILES string of the molecule is CCCCCCCCC(NCCC)c1cc(Cl)cc(Br)c1. The third kappa shape index (κ3) is 8.23. The van der Waals surface area contributed by atoms with Crippen LogP contribution in [0.2, 0.25) is 5.02 Å². The molecule has 0 aliphatic heterocycles. The molecule has 1 aromatic carbocycles. The maximum Gasteiger partial charge on any atom is 0.0420 e. The monoisotopic (exact) mass is 373 g/mol. The summed E-state index contributed by atoms with van der Waals surface area (Å²) in [5, 5.41) is 4.47. The summed E-state index contributed by atoms with van der Waals surface area (Å²) in [7, 11) is 0. The van der Waals surface area contributed by atoms with E-state index >= 15 is 0 Å². The minimum absolute atomic E-state index is 0.422. The van der Waals surface area contributed by atoms with Crippen molar-refractivity contribution in [3.63, 3.8) is 0 Å².